The van der Waals surface area contributed by atoms with Crippen LogP contribution < -0.4 is 0 Å². The first-order chi connectivity index (χ1) is 11.5. The minimum atomic E-state index is -0.280. The van der Waals surface area contributed by atoms with Crippen LogP contribution in [0.25, 0.3) is 10.9 Å². The molecule has 1 aliphatic rings. The van der Waals surface area contributed by atoms with Crippen molar-refractivity contribution in [3.63, 3.8) is 0 Å². The van der Waals surface area contributed by atoms with E-state index in [1.54, 1.807) is 0 Å². The molecule has 0 spiro atoms. The molecule has 0 unspecified atom stereocenters. The van der Waals surface area contributed by atoms with E-state index >= 15 is 0 Å². The van der Waals surface area contributed by atoms with E-state index in [2.05, 4.69) is 48.0 Å². The van der Waals surface area contributed by atoms with Crippen LogP contribution in [0.2, 0.25) is 0 Å². The van der Waals surface area contributed by atoms with Crippen LogP contribution in [0.1, 0.15) is 6.42 Å². The monoisotopic (exact) mass is 393 g/mol. The molecule has 1 amide bonds. The zero-order valence-corrected chi connectivity index (χ0v) is 15.1. The molecule has 2 aromatic rings. The van der Waals surface area contributed by atoms with Crippen LogP contribution in [0.4, 0.5) is 5.69 Å². The number of likely N-dealkylation sites (N-methyl/N-ethyl adjacent to an activating group) is 1. The van der Waals surface area contributed by atoms with Gasteiger partial charge < -0.3 is 19.9 Å². The van der Waals surface area contributed by atoms with Crippen molar-refractivity contribution in [1.82, 2.24) is 14.8 Å². The van der Waals surface area contributed by atoms with Crippen molar-refractivity contribution < 1.29 is 9.90 Å². The van der Waals surface area contributed by atoms with Gasteiger partial charge in [0.2, 0.25) is 5.88 Å². The van der Waals surface area contributed by atoms with Gasteiger partial charge in [-0.1, -0.05) is 15.9 Å². The maximum Gasteiger partial charge on any atom is 0.266 e. The molecule has 2 heterocycles. The highest BCUT2D eigenvalue weighted by molar-refractivity contribution is 9.10. The van der Waals surface area contributed by atoms with Crippen molar-refractivity contribution in [2.75, 3.05) is 39.8 Å². The number of azo groups is 1. The molecule has 1 fully saturated rings. The van der Waals surface area contributed by atoms with E-state index in [0.29, 0.717) is 18.7 Å². The number of aromatic amines is 1. The lowest BCUT2D eigenvalue weighted by atomic mass is 10.2. The lowest BCUT2D eigenvalue weighted by Gasteiger charge is -2.31. The predicted octanol–water partition coefficient (Wildman–Crippen LogP) is 2.88. The van der Waals surface area contributed by atoms with Crippen LogP contribution in [-0.2, 0) is 4.79 Å². The molecule has 0 atom stereocenters. The van der Waals surface area contributed by atoms with E-state index in [1.807, 2.05) is 18.2 Å². The van der Waals surface area contributed by atoms with Crippen LogP contribution in [-0.4, -0.2) is 65.6 Å². The van der Waals surface area contributed by atoms with Gasteiger partial charge in [-0.2, -0.15) is 0 Å². The predicted molar refractivity (Wildman–Crippen MR) is 95.7 cm³/mol. The number of nitrogens with zero attached hydrogens (tertiary/aromatic N) is 4. The van der Waals surface area contributed by atoms with Crippen LogP contribution in [0.15, 0.2) is 32.9 Å². The highest BCUT2D eigenvalue weighted by Gasteiger charge is 2.15. The molecular weight excluding hydrogens is 374 g/mol. The van der Waals surface area contributed by atoms with E-state index in [0.717, 1.165) is 41.6 Å². The summed E-state index contributed by atoms with van der Waals surface area (Å²) in [5.74, 6) is -0.364. The topological polar surface area (TPSA) is 84.3 Å². The first-order valence-electron chi connectivity index (χ1n) is 7.88. The summed E-state index contributed by atoms with van der Waals surface area (Å²) in [5, 5.41) is 18.4. The first-order valence-corrected chi connectivity index (χ1v) is 8.68. The largest absolute Gasteiger partial charge is 0.493 e. The number of H-pyrrole nitrogens is 1. The smallest absolute Gasteiger partial charge is 0.266 e. The van der Waals surface area contributed by atoms with Gasteiger partial charge in [-0.05, 0) is 25.2 Å². The molecule has 1 saturated heterocycles. The van der Waals surface area contributed by atoms with E-state index in [4.69, 9.17) is 0 Å². The summed E-state index contributed by atoms with van der Waals surface area (Å²) in [6.07, 6.45) is 0.333. The third-order valence-corrected chi connectivity index (χ3v) is 4.71. The summed E-state index contributed by atoms with van der Waals surface area (Å²) in [6, 6.07) is 5.52. The van der Waals surface area contributed by atoms with Crippen molar-refractivity contribution >= 4 is 38.4 Å². The number of fused-ring (bicyclic) bond motifs is 1. The van der Waals surface area contributed by atoms with Crippen molar-refractivity contribution in [3.05, 3.63) is 22.7 Å². The Labute approximate surface area is 148 Å². The van der Waals surface area contributed by atoms with Gasteiger partial charge in [0.1, 0.15) is 0 Å². The fraction of sp³-hybridized carbons (Fsp3) is 0.438. The quantitative estimate of drug-likeness (QED) is 0.782. The number of carbonyl (C=O) groups is 1. The molecule has 0 saturated carbocycles. The average molecular weight is 394 g/mol. The Bertz CT molecular complexity index is 765. The van der Waals surface area contributed by atoms with Gasteiger partial charge in [0, 0.05) is 49.0 Å². The van der Waals surface area contributed by atoms with Gasteiger partial charge in [-0.3, -0.25) is 4.79 Å². The average Bonchev–Trinajstić information content (AvgIpc) is 2.87. The van der Waals surface area contributed by atoms with Crippen molar-refractivity contribution in [2.24, 2.45) is 10.2 Å². The van der Waals surface area contributed by atoms with Crippen LogP contribution >= 0.6 is 15.9 Å². The SMILES string of the molecule is CN1CCN(CCC(=O)N=Nc2c(O)[nH]c3ccc(Br)cc23)CC1. The van der Waals surface area contributed by atoms with Crippen molar-refractivity contribution in [2.45, 2.75) is 6.42 Å². The molecule has 7 nitrogen and oxygen atoms in total. The van der Waals surface area contributed by atoms with E-state index in [-0.39, 0.29) is 11.8 Å². The van der Waals surface area contributed by atoms with E-state index in [1.165, 1.54) is 0 Å². The van der Waals surface area contributed by atoms with Crippen molar-refractivity contribution in [1.29, 1.82) is 0 Å². The van der Waals surface area contributed by atoms with Gasteiger partial charge in [0.15, 0.2) is 5.69 Å². The molecule has 1 aromatic carbocycles. The fourth-order valence-corrected chi connectivity index (χ4v) is 3.08. The lowest BCUT2D eigenvalue weighted by Crippen LogP contribution is -2.44. The molecular formula is C16H20BrN5O2. The lowest BCUT2D eigenvalue weighted by molar-refractivity contribution is -0.118. The maximum atomic E-state index is 12.0. The minimum Gasteiger partial charge on any atom is -0.493 e. The number of nitrogens with one attached hydrogen (secondary N) is 1. The van der Waals surface area contributed by atoms with Gasteiger partial charge in [-0.25, -0.2) is 0 Å². The zero-order chi connectivity index (χ0) is 17.1. The highest BCUT2D eigenvalue weighted by Crippen LogP contribution is 2.36. The van der Waals surface area contributed by atoms with Crippen LogP contribution in [0, 0.1) is 0 Å². The Kier molecular flexibility index (Phi) is 5.27. The molecule has 3 rings (SSSR count). The number of rotatable bonds is 4. The Morgan fingerprint density at radius 1 is 1.33 bits per heavy atom. The first kappa shape index (κ1) is 17.1. The fourth-order valence-electron chi connectivity index (χ4n) is 2.72. The maximum absolute atomic E-state index is 12.0. The summed E-state index contributed by atoms with van der Waals surface area (Å²) < 4.78 is 0.867. The van der Waals surface area contributed by atoms with Crippen LogP contribution in [0.5, 0.6) is 5.88 Å². The number of piperazine rings is 1. The highest BCUT2D eigenvalue weighted by atomic mass is 79.9. The van der Waals surface area contributed by atoms with Crippen molar-refractivity contribution in [3.8, 4) is 5.88 Å². The third kappa shape index (κ3) is 4.00. The van der Waals surface area contributed by atoms with Gasteiger partial charge in [-0.15, -0.1) is 10.2 Å². The molecule has 0 radical (unpaired) electrons. The number of benzene rings is 1. The number of aromatic hydroxyl groups is 1. The number of hydrogen-bond acceptors (Lipinski definition) is 5. The summed E-state index contributed by atoms with van der Waals surface area (Å²) >= 11 is 3.39. The van der Waals surface area contributed by atoms with Gasteiger partial charge in [0.05, 0.1) is 5.52 Å². The van der Waals surface area contributed by atoms with E-state index in [9.17, 15) is 9.90 Å². The Balaban J connectivity index is 1.62. The molecule has 0 bridgehead atoms. The molecule has 1 aliphatic heterocycles. The Morgan fingerprint density at radius 3 is 2.83 bits per heavy atom. The third-order valence-electron chi connectivity index (χ3n) is 4.21. The Hall–Kier alpha value is -1.77. The molecule has 24 heavy (non-hydrogen) atoms. The molecule has 8 heteroatoms. The number of aromatic nitrogens is 1. The Morgan fingerprint density at radius 2 is 2.08 bits per heavy atom. The molecule has 2 N–H and O–H groups in total. The zero-order valence-electron chi connectivity index (χ0n) is 13.5. The summed E-state index contributed by atoms with van der Waals surface area (Å²) in [6.45, 7) is 4.68. The number of amides is 1. The normalized spacial score (nSPS) is 17.1. The second-order valence-electron chi connectivity index (χ2n) is 6.00. The van der Waals surface area contributed by atoms with Gasteiger partial charge in [0.25, 0.3) is 5.91 Å². The minimum absolute atomic E-state index is 0.0845. The summed E-state index contributed by atoms with van der Waals surface area (Å²) in [5.41, 5.74) is 1.04. The summed E-state index contributed by atoms with van der Waals surface area (Å²) in [7, 11) is 2.10. The standard InChI is InChI=1S/C16H20BrN5O2/c1-21-6-8-22(9-7-21)5-4-14(23)19-20-15-12-10-11(17)2-3-13(12)18-16(15)24/h2-3,10,18,24H,4-9H2,1H3. The molecule has 128 valence electrons. The number of carbonyl (C=O) groups excluding carboxylic acids is 1. The van der Waals surface area contributed by atoms with E-state index < -0.39 is 0 Å². The second-order valence-corrected chi connectivity index (χ2v) is 6.92. The molecule has 0 aliphatic carbocycles. The molecule has 1 aromatic heterocycles. The number of hydrogen-bond donors (Lipinski definition) is 2. The summed E-state index contributed by atoms with van der Waals surface area (Å²) in [4.78, 5) is 19.3. The number of halogens is 1. The van der Waals surface area contributed by atoms with Crippen LogP contribution in [0.3, 0.4) is 0 Å². The second kappa shape index (κ2) is 7.42. The van der Waals surface area contributed by atoms with Gasteiger partial charge >= 0.3 is 0 Å².